The zero-order valence-corrected chi connectivity index (χ0v) is 8.38. The molecule has 1 aromatic heterocycles. The van der Waals surface area contributed by atoms with Crippen LogP contribution in [0, 0.1) is 18.3 Å². The van der Waals surface area contributed by atoms with Crippen molar-refractivity contribution in [2.24, 2.45) is 0 Å². The Kier molecular flexibility index (Phi) is 3.61. The maximum atomic E-state index is 9.69. The third-order valence-electron chi connectivity index (χ3n) is 2.08. The molecule has 2 unspecified atom stereocenters. The largest absolute Gasteiger partial charge is 0.397 e. The van der Waals surface area contributed by atoms with Crippen molar-refractivity contribution in [3.63, 3.8) is 0 Å². The number of aliphatic hydroxyl groups excluding tert-OH is 2. The van der Waals surface area contributed by atoms with Crippen molar-refractivity contribution in [2.45, 2.75) is 25.6 Å². The lowest BCUT2D eigenvalue weighted by Gasteiger charge is -2.16. The summed E-state index contributed by atoms with van der Waals surface area (Å²) in [5, 5.41) is 27.5. The van der Waals surface area contributed by atoms with Gasteiger partial charge in [-0.3, -0.25) is 4.98 Å². The third-order valence-corrected chi connectivity index (χ3v) is 2.08. The standard InChI is InChI=1S/C10H13N3O2/c1-6-4-7(12)5-13-9(6)10(15)8(14)2-3-11/h4-5,8,10,14-15H,2,12H2,1H3. The number of hydrogen-bond donors (Lipinski definition) is 3. The van der Waals surface area contributed by atoms with Gasteiger partial charge in [-0.05, 0) is 18.6 Å². The number of nitrogens with two attached hydrogens (primary N) is 1. The molecule has 1 aromatic rings. The van der Waals surface area contributed by atoms with Crippen molar-refractivity contribution in [1.29, 1.82) is 5.26 Å². The second kappa shape index (κ2) is 4.73. The van der Waals surface area contributed by atoms with E-state index >= 15 is 0 Å². The lowest BCUT2D eigenvalue weighted by atomic mass is 10.0. The van der Waals surface area contributed by atoms with E-state index < -0.39 is 12.2 Å². The molecule has 0 amide bonds. The number of aliphatic hydroxyl groups is 2. The Morgan fingerprint density at radius 3 is 2.80 bits per heavy atom. The topological polar surface area (TPSA) is 103 Å². The van der Waals surface area contributed by atoms with Crippen LogP contribution in [0.25, 0.3) is 0 Å². The Balaban J connectivity index is 2.91. The van der Waals surface area contributed by atoms with Crippen molar-refractivity contribution in [3.8, 4) is 6.07 Å². The van der Waals surface area contributed by atoms with Crippen LogP contribution in [0.3, 0.4) is 0 Å². The summed E-state index contributed by atoms with van der Waals surface area (Å²) in [5.41, 5.74) is 7.05. The van der Waals surface area contributed by atoms with Crippen LogP contribution in [-0.4, -0.2) is 21.3 Å². The maximum absolute atomic E-state index is 9.69. The van der Waals surface area contributed by atoms with Crippen LogP contribution in [-0.2, 0) is 0 Å². The van der Waals surface area contributed by atoms with E-state index in [0.717, 1.165) is 0 Å². The Morgan fingerprint density at radius 1 is 1.60 bits per heavy atom. The first-order valence-electron chi connectivity index (χ1n) is 4.51. The van der Waals surface area contributed by atoms with E-state index in [9.17, 15) is 10.2 Å². The number of nitriles is 1. The molecule has 15 heavy (non-hydrogen) atoms. The SMILES string of the molecule is Cc1cc(N)cnc1C(O)C(O)CC#N. The molecule has 1 heterocycles. The number of anilines is 1. The molecule has 5 nitrogen and oxygen atoms in total. The number of pyridine rings is 1. The fourth-order valence-electron chi connectivity index (χ4n) is 1.30. The molecule has 4 N–H and O–H groups in total. The van der Waals surface area contributed by atoms with E-state index in [0.29, 0.717) is 16.9 Å². The van der Waals surface area contributed by atoms with Crippen LogP contribution in [0.4, 0.5) is 5.69 Å². The highest BCUT2D eigenvalue weighted by Crippen LogP contribution is 2.21. The van der Waals surface area contributed by atoms with Gasteiger partial charge in [-0.15, -0.1) is 0 Å². The summed E-state index contributed by atoms with van der Waals surface area (Å²) in [5.74, 6) is 0. The van der Waals surface area contributed by atoms with Crippen molar-refractivity contribution in [2.75, 3.05) is 5.73 Å². The van der Waals surface area contributed by atoms with Crippen molar-refractivity contribution in [1.82, 2.24) is 4.98 Å². The summed E-state index contributed by atoms with van der Waals surface area (Å²) in [6.07, 6.45) is -0.993. The predicted octanol–water partition coefficient (Wildman–Crippen LogP) is 0.280. The van der Waals surface area contributed by atoms with Crippen LogP contribution >= 0.6 is 0 Å². The van der Waals surface area contributed by atoms with Crippen LogP contribution in [0.15, 0.2) is 12.3 Å². The van der Waals surface area contributed by atoms with Crippen LogP contribution in [0.1, 0.15) is 23.8 Å². The van der Waals surface area contributed by atoms with Gasteiger partial charge < -0.3 is 15.9 Å². The molecule has 0 aliphatic heterocycles. The molecule has 0 bridgehead atoms. The number of aromatic nitrogens is 1. The molecule has 0 aliphatic carbocycles. The molecule has 0 spiro atoms. The highest BCUT2D eigenvalue weighted by molar-refractivity contribution is 5.40. The van der Waals surface area contributed by atoms with Gasteiger partial charge in [-0.2, -0.15) is 5.26 Å². The van der Waals surface area contributed by atoms with Gasteiger partial charge in [0.1, 0.15) is 6.10 Å². The highest BCUT2D eigenvalue weighted by Gasteiger charge is 2.20. The first-order valence-corrected chi connectivity index (χ1v) is 4.51. The number of hydrogen-bond acceptors (Lipinski definition) is 5. The maximum Gasteiger partial charge on any atom is 0.123 e. The number of nitrogen functional groups attached to an aromatic ring is 1. The molecule has 0 saturated carbocycles. The molecule has 2 atom stereocenters. The fraction of sp³-hybridized carbons (Fsp3) is 0.400. The molecule has 1 rings (SSSR count). The minimum absolute atomic E-state index is 0.132. The zero-order valence-electron chi connectivity index (χ0n) is 8.38. The Labute approximate surface area is 87.8 Å². The molecule has 0 fully saturated rings. The summed E-state index contributed by atoms with van der Waals surface area (Å²) < 4.78 is 0. The van der Waals surface area contributed by atoms with Crippen molar-refractivity contribution in [3.05, 3.63) is 23.5 Å². The van der Waals surface area contributed by atoms with Crippen LogP contribution in [0.2, 0.25) is 0 Å². The molecular weight excluding hydrogens is 194 g/mol. The molecule has 80 valence electrons. The van der Waals surface area contributed by atoms with E-state index in [1.807, 2.05) is 0 Å². The lowest BCUT2D eigenvalue weighted by molar-refractivity contribution is 0.0186. The van der Waals surface area contributed by atoms with Gasteiger partial charge >= 0.3 is 0 Å². The van der Waals surface area contributed by atoms with E-state index in [1.165, 1.54) is 6.20 Å². The minimum atomic E-state index is -1.15. The smallest absolute Gasteiger partial charge is 0.123 e. The summed E-state index contributed by atoms with van der Waals surface area (Å²) in [7, 11) is 0. The van der Waals surface area contributed by atoms with Gasteiger partial charge in [0, 0.05) is 0 Å². The highest BCUT2D eigenvalue weighted by atomic mass is 16.3. The fourth-order valence-corrected chi connectivity index (χ4v) is 1.30. The van der Waals surface area contributed by atoms with Gasteiger partial charge in [-0.25, -0.2) is 0 Å². The second-order valence-corrected chi connectivity index (χ2v) is 3.35. The van der Waals surface area contributed by atoms with Gasteiger partial charge in [0.2, 0.25) is 0 Å². The minimum Gasteiger partial charge on any atom is -0.397 e. The Morgan fingerprint density at radius 2 is 2.27 bits per heavy atom. The summed E-state index contributed by atoms with van der Waals surface area (Å²) in [4.78, 5) is 3.94. The Hall–Kier alpha value is -1.64. The first-order chi connectivity index (χ1) is 7.06. The average molecular weight is 207 g/mol. The quantitative estimate of drug-likeness (QED) is 0.660. The molecule has 0 saturated heterocycles. The number of rotatable bonds is 3. The van der Waals surface area contributed by atoms with Gasteiger partial charge in [0.05, 0.1) is 36.2 Å². The molecule has 0 aliphatic rings. The van der Waals surface area contributed by atoms with E-state index in [4.69, 9.17) is 11.0 Å². The number of aryl methyl sites for hydroxylation is 1. The molecule has 5 heteroatoms. The predicted molar refractivity (Wildman–Crippen MR) is 54.6 cm³/mol. The van der Waals surface area contributed by atoms with E-state index in [-0.39, 0.29) is 6.42 Å². The van der Waals surface area contributed by atoms with Gasteiger partial charge in [0.25, 0.3) is 0 Å². The first kappa shape index (κ1) is 11.4. The van der Waals surface area contributed by atoms with E-state index in [2.05, 4.69) is 4.98 Å². The van der Waals surface area contributed by atoms with Crippen LogP contribution < -0.4 is 5.73 Å². The van der Waals surface area contributed by atoms with Crippen molar-refractivity contribution >= 4 is 5.69 Å². The van der Waals surface area contributed by atoms with E-state index in [1.54, 1.807) is 19.1 Å². The average Bonchev–Trinajstić information content (AvgIpc) is 2.17. The molecular formula is C10H13N3O2. The van der Waals surface area contributed by atoms with Gasteiger partial charge in [-0.1, -0.05) is 0 Å². The van der Waals surface area contributed by atoms with Gasteiger partial charge in [0.15, 0.2) is 0 Å². The normalized spacial score (nSPS) is 14.3. The number of nitrogens with zero attached hydrogens (tertiary/aromatic N) is 2. The Bertz CT molecular complexity index is 387. The second-order valence-electron chi connectivity index (χ2n) is 3.35. The van der Waals surface area contributed by atoms with Crippen molar-refractivity contribution < 1.29 is 10.2 Å². The summed E-state index contributed by atoms with van der Waals surface area (Å²) >= 11 is 0. The monoisotopic (exact) mass is 207 g/mol. The zero-order chi connectivity index (χ0) is 11.4. The third kappa shape index (κ3) is 2.65. The summed E-state index contributed by atoms with van der Waals surface area (Å²) in [6, 6.07) is 3.44. The molecule has 0 aromatic carbocycles. The molecule has 0 radical (unpaired) electrons. The lowest BCUT2D eigenvalue weighted by Crippen LogP contribution is -2.19. The summed E-state index contributed by atoms with van der Waals surface area (Å²) in [6.45, 7) is 1.74. The van der Waals surface area contributed by atoms with Crippen LogP contribution in [0.5, 0.6) is 0 Å².